The first kappa shape index (κ1) is 16.1. The van der Waals surface area contributed by atoms with E-state index < -0.39 is 5.91 Å². The highest BCUT2D eigenvalue weighted by molar-refractivity contribution is 6.19. The van der Waals surface area contributed by atoms with Gasteiger partial charge < -0.3 is 4.90 Å². The van der Waals surface area contributed by atoms with E-state index >= 15 is 0 Å². The number of hydrogen-bond acceptors (Lipinski definition) is 3. The van der Waals surface area contributed by atoms with Crippen molar-refractivity contribution >= 4 is 17.6 Å². The van der Waals surface area contributed by atoms with Gasteiger partial charge in [0.25, 0.3) is 5.91 Å². The number of rotatable bonds is 2. The van der Waals surface area contributed by atoms with Gasteiger partial charge in [-0.2, -0.15) is 5.10 Å². The van der Waals surface area contributed by atoms with Gasteiger partial charge in [-0.05, 0) is 35.7 Å². The molecule has 1 aliphatic rings. The number of H-pyrrole nitrogens is 1. The van der Waals surface area contributed by atoms with E-state index in [0.717, 1.165) is 12.0 Å². The molecule has 3 amide bonds. The number of nitrogens with one attached hydrogen (secondary N) is 1. The quantitative estimate of drug-likeness (QED) is 0.774. The van der Waals surface area contributed by atoms with Gasteiger partial charge in [-0.25, -0.2) is 9.69 Å². The Balaban J connectivity index is 1.66. The van der Waals surface area contributed by atoms with Crippen LogP contribution in [0.5, 0.6) is 0 Å². The molecule has 26 heavy (non-hydrogen) atoms. The Morgan fingerprint density at radius 2 is 1.69 bits per heavy atom. The molecule has 6 nitrogen and oxygen atoms in total. The van der Waals surface area contributed by atoms with E-state index in [2.05, 4.69) is 16.3 Å². The number of aromatic amines is 1. The van der Waals surface area contributed by atoms with Crippen LogP contribution in [0.4, 0.5) is 10.5 Å². The summed E-state index contributed by atoms with van der Waals surface area (Å²) in [5.41, 5.74) is 3.19. The van der Waals surface area contributed by atoms with Crippen molar-refractivity contribution in [2.75, 3.05) is 11.4 Å². The molecule has 0 aliphatic carbocycles. The number of nitrogens with zero attached hydrogens (tertiary/aromatic N) is 3. The van der Waals surface area contributed by atoms with Crippen LogP contribution < -0.4 is 4.90 Å². The van der Waals surface area contributed by atoms with E-state index in [1.807, 2.05) is 24.3 Å². The first-order chi connectivity index (χ1) is 12.7. The average Bonchev–Trinajstić information content (AvgIpc) is 3.23. The first-order valence-electron chi connectivity index (χ1n) is 8.48. The minimum absolute atomic E-state index is 0.277. The number of benzene rings is 2. The average molecular weight is 346 g/mol. The third kappa shape index (κ3) is 2.97. The summed E-state index contributed by atoms with van der Waals surface area (Å²) in [6.45, 7) is 1.07. The van der Waals surface area contributed by atoms with Crippen molar-refractivity contribution in [3.8, 4) is 0 Å². The number of imide groups is 1. The zero-order valence-electron chi connectivity index (χ0n) is 14.1. The smallest absolute Gasteiger partial charge is 0.319 e. The van der Waals surface area contributed by atoms with Gasteiger partial charge in [0.05, 0.1) is 5.69 Å². The molecule has 130 valence electrons. The summed E-state index contributed by atoms with van der Waals surface area (Å²) in [7, 11) is 0. The lowest BCUT2D eigenvalue weighted by Crippen LogP contribution is -2.48. The molecule has 0 saturated heterocycles. The van der Waals surface area contributed by atoms with E-state index in [0.29, 0.717) is 18.8 Å². The van der Waals surface area contributed by atoms with Crippen molar-refractivity contribution in [3.05, 3.63) is 83.7 Å². The fourth-order valence-corrected chi connectivity index (χ4v) is 3.19. The lowest BCUT2D eigenvalue weighted by atomic mass is 10.0. The van der Waals surface area contributed by atoms with Gasteiger partial charge in [0.2, 0.25) is 0 Å². The van der Waals surface area contributed by atoms with Crippen LogP contribution in [-0.4, -0.2) is 33.6 Å². The molecule has 2 heterocycles. The van der Waals surface area contributed by atoms with Crippen molar-refractivity contribution in [3.63, 3.8) is 0 Å². The largest absolute Gasteiger partial charge is 0.331 e. The summed E-state index contributed by atoms with van der Waals surface area (Å²) in [6, 6.07) is 18.3. The molecule has 6 heteroatoms. The lowest BCUT2D eigenvalue weighted by Gasteiger charge is -2.33. The molecule has 3 aromatic rings. The van der Waals surface area contributed by atoms with Crippen molar-refractivity contribution in [2.45, 2.75) is 13.0 Å². The zero-order valence-corrected chi connectivity index (χ0v) is 14.1. The minimum Gasteiger partial charge on any atom is -0.319 e. The van der Waals surface area contributed by atoms with Gasteiger partial charge in [0.15, 0.2) is 0 Å². The van der Waals surface area contributed by atoms with Crippen LogP contribution in [-0.2, 0) is 13.0 Å². The summed E-state index contributed by atoms with van der Waals surface area (Å²) in [5, 5.41) is 6.47. The summed E-state index contributed by atoms with van der Waals surface area (Å²) in [6.07, 6.45) is 2.28. The summed E-state index contributed by atoms with van der Waals surface area (Å²) in [4.78, 5) is 29.1. The molecule has 1 aromatic heterocycles. The van der Waals surface area contributed by atoms with Gasteiger partial charge in [-0.3, -0.25) is 9.89 Å². The Kier molecular flexibility index (Phi) is 4.23. The first-order valence-corrected chi connectivity index (χ1v) is 8.48. The predicted molar refractivity (Wildman–Crippen MR) is 97.8 cm³/mol. The van der Waals surface area contributed by atoms with Gasteiger partial charge in [0, 0.05) is 19.3 Å². The fourth-order valence-electron chi connectivity index (χ4n) is 3.19. The lowest BCUT2D eigenvalue weighted by molar-refractivity contribution is 0.0979. The zero-order chi connectivity index (χ0) is 17.9. The maximum Gasteiger partial charge on any atom is 0.331 e. The van der Waals surface area contributed by atoms with Crippen molar-refractivity contribution in [1.29, 1.82) is 0 Å². The predicted octanol–water partition coefficient (Wildman–Crippen LogP) is 3.23. The number of carbonyl (C=O) groups excluding carboxylic acids is 2. The number of hydrogen-bond donors (Lipinski definition) is 1. The highest BCUT2D eigenvalue weighted by Gasteiger charge is 2.31. The number of carbonyl (C=O) groups is 2. The molecule has 1 N–H and O–H groups in total. The third-order valence-corrected chi connectivity index (χ3v) is 4.54. The van der Waals surface area contributed by atoms with E-state index in [4.69, 9.17) is 0 Å². The SMILES string of the molecule is O=C(c1ccn[nH]1)N(C(=O)N1CCc2ccccc2C1)c1ccccc1. The van der Waals surface area contributed by atoms with Crippen molar-refractivity contribution < 1.29 is 9.59 Å². The number of amides is 3. The molecule has 0 radical (unpaired) electrons. The second kappa shape index (κ2) is 6.84. The molecule has 0 spiro atoms. The molecule has 0 fully saturated rings. The molecule has 0 bridgehead atoms. The molecular formula is C20H18N4O2. The van der Waals surface area contributed by atoms with E-state index in [1.54, 1.807) is 35.2 Å². The van der Waals surface area contributed by atoms with Crippen LogP contribution in [0.3, 0.4) is 0 Å². The van der Waals surface area contributed by atoms with Crippen LogP contribution in [0, 0.1) is 0 Å². The maximum atomic E-state index is 13.2. The number of aromatic nitrogens is 2. The van der Waals surface area contributed by atoms with Crippen LogP contribution in [0.1, 0.15) is 21.6 Å². The second-order valence-electron chi connectivity index (χ2n) is 6.17. The normalized spacial score (nSPS) is 13.2. The maximum absolute atomic E-state index is 13.2. The van der Waals surface area contributed by atoms with Gasteiger partial charge in [-0.1, -0.05) is 42.5 Å². The fraction of sp³-hybridized carbons (Fsp3) is 0.150. The van der Waals surface area contributed by atoms with E-state index in [1.165, 1.54) is 16.7 Å². The summed E-state index contributed by atoms with van der Waals surface area (Å²) in [5.74, 6) is -0.419. The van der Waals surface area contributed by atoms with Gasteiger partial charge in [0.1, 0.15) is 5.69 Å². The van der Waals surface area contributed by atoms with Crippen LogP contribution in [0.2, 0.25) is 0 Å². The second-order valence-corrected chi connectivity index (χ2v) is 6.17. The number of urea groups is 1. The highest BCUT2D eigenvalue weighted by Crippen LogP contribution is 2.23. The number of fused-ring (bicyclic) bond motifs is 1. The number of para-hydroxylation sites is 1. The Bertz CT molecular complexity index is 922. The van der Waals surface area contributed by atoms with Gasteiger partial charge >= 0.3 is 6.03 Å². The van der Waals surface area contributed by atoms with Crippen molar-refractivity contribution in [1.82, 2.24) is 15.1 Å². The number of anilines is 1. The Morgan fingerprint density at radius 1 is 0.962 bits per heavy atom. The van der Waals surface area contributed by atoms with Crippen LogP contribution in [0.25, 0.3) is 0 Å². The molecule has 2 aromatic carbocycles. The van der Waals surface area contributed by atoms with Crippen LogP contribution in [0.15, 0.2) is 66.9 Å². The summed E-state index contributed by atoms with van der Waals surface area (Å²) >= 11 is 0. The van der Waals surface area contributed by atoms with Gasteiger partial charge in [-0.15, -0.1) is 0 Å². The molecule has 0 saturated carbocycles. The Labute approximate surface area is 151 Å². The standard InChI is InChI=1S/C20H18N4O2/c25-19(18-10-12-21-22-18)24(17-8-2-1-3-9-17)20(26)23-13-11-15-6-4-5-7-16(15)14-23/h1-10,12H,11,13-14H2,(H,21,22). The summed E-state index contributed by atoms with van der Waals surface area (Å²) < 4.78 is 0. The molecular weight excluding hydrogens is 328 g/mol. The molecule has 0 atom stereocenters. The third-order valence-electron chi connectivity index (χ3n) is 4.54. The minimum atomic E-state index is -0.419. The Hall–Kier alpha value is -3.41. The topological polar surface area (TPSA) is 69.3 Å². The highest BCUT2D eigenvalue weighted by atomic mass is 16.2. The van der Waals surface area contributed by atoms with E-state index in [9.17, 15) is 9.59 Å². The Morgan fingerprint density at radius 3 is 2.42 bits per heavy atom. The van der Waals surface area contributed by atoms with Crippen molar-refractivity contribution in [2.24, 2.45) is 0 Å². The van der Waals surface area contributed by atoms with Crippen LogP contribution >= 0.6 is 0 Å². The molecule has 0 unspecified atom stereocenters. The molecule has 4 rings (SSSR count). The molecule has 1 aliphatic heterocycles. The van der Waals surface area contributed by atoms with E-state index in [-0.39, 0.29) is 11.7 Å². The monoisotopic (exact) mass is 346 g/mol.